The van der Waals surface area contributed by atoms with Crippen molar-refractivity contribution in [1.29, 1.82) is 0 Å². The molecule has 0 aliphatic heterocycles. The van der Waals surface area contributed by atoms with Crippen molar-refractivity contribution in [3.8, 4) is 0 Å². The van der Waals surface area contributed by atoms with Gasteiger partial charge in [-0.15, -0.1) is 0 Å². The number of benzene rings is 1. The SMILES string of the molecule is CC[C@@](CCS(=O)(=O)c1ccccc1)(O[Si](CC)(CC)CC)C(C)C. The summed E-state index contributed by atoms with van der Waals surface area (Å²) in [7, 11) is -5.08. The highest BCUT2D eigenvalue weighted by Gasteiger charge is 2.42. The molecular weight excluding hydrogens is 348 g/mol. The van der Waals surface area contributed by atoms with Crippen LogP contribution in [-0.2, 0) is 14.3 Å². The molecule has 1 rings (SSSR count). The highest BCUT2D eigenvalue weighted by molar-refractivity contribution is 7.91. The summed E-state index contributed by atoms with van der Waals surface area (Å²) in [6, 6.07) is 12.0. The molecule has 0 N–H and O–H groups in total. The first-order valence-electron chi connectivity index (χ1n) is 9.68. The number of sulfone groups is 1. The summed E-state index contributed by atoms with van der Waals surface area (Å²) in [5.41, 5.74) is -0.351. The molecule has 0 amide bonds. The molecule has 1 aromatic rings. The minimum Gasteiger partial charge on any atom is -0.411 e. The molecule has 25 heavy (non-hydrogen) atoms. The summed E-state index contributed by atoms with van der Waals surface area (Å²) >= 11 is 0. The van der Waals surface area contributed by atoms with Crippen molar-refractivity contribution >= 4 is 18.2 Å². The molecule has 0 radical (unpaired) electrons. The fraction of sp³-hybridized carbons (Fsp3) is 0.700. The summed E-state index contributed by atoms with van der Waals surface area (Å²) in [6.45, 7) is 13.1. The van der Waals surface area contributed by atoms with E-state index in [0.717, 1.165) is 24.6 Å². The molecule has 0 saturated carbocycles. The molecule has 0 aromatic heterocycles. The summed E-state index contributed by atoms with van der Waals surface area (Å²) < 4.78 is 32.4. The zero-order valence-electron chi connectivity index (χ0n) is 16.8. The average molecular weight is 385 g/mol. The van der Waals surface area contributed by atoms with E-state index in [-0.39, 0.29) is 11.4 Å². The topological polar surface area (TPSA) is 43.4 Å². The summed E-state index contributed by atoms with van der Waals surface area (Å²) in [6.07, 6.45) is 1.41. The molecule has 144 valence electrons. The van der Waals surface area contributed by atoms with Crippen LogP contribution in [0, 0.1) is 5.92 Å². The molecule has 1 atom stereocenters. The minimum atomic E-state index is -3.28. The van der Waals surface area contributed by atoms with Gasteiger partial charge in [-0.05, 0) is 49.0 Å². The van der Waals surface area contributed by atoms with Gasteiger partial charge in [0.15, 0.2) is 18.2 Å². The average Bonchev–Trinajstić information content (AvgIpc) is 2.63. The monoisotopic (exact) mass is 384 g/mol. The Balaban J connectivity index is 3.08. The molecule has 0 spiro atoms. The van der Waals surface area contributed by atoms with Gasteiger partial charge in [-0.1, -0.05) is 59.7 Å². The molecule has 0 heterocycles. The summed E-state index contributed by atoms with van der Waals surface area (Å²) in [4.78, 5) is 0.411. The number of rotatable bonds is 11. The maximum absolute atomic E-state index is 12.7. The van der Waals surface area contributed by atoms with E-state index in [0.29, 0.717) is 17.2 Å². The van der Waals surface area contributed by atoms with Gasteiger partial charge in [0.05, 0.1) is 16.2 Å². The van der Waals surface area contributed by atoms with Gasteiger partial charge in [-0.25, -0.2) is 8.42 Å². The fourth-order valence-electron chi connectivity index (χ4n) is 3.57. The summed E-state index contributed by atoms with van der Waals surface area (Å²) in [5.74, 6) is 0.435. The largest absolute Gasteiger partial charge is 0.411 e. The van der Waals surface area contributed by atoms with Crippen molar-refractivity contribution in [2.45, 2.75) is 83.0 Å². The van der Waals surface area contributed by atoms with E-state index in [1.807, 2.05) is 6.07 Å². The van der Waals surface area contributed by atoms with Crippen LogP contribution in [-0.4, -0.2) is 28.1 Å². The first kappa shape index (κ1) is 22.4. The van der Waals surface area contributed by atoms with Crippen LogP contribution in [0.25, 0.3) is 0 Å². The second-order valence-electron chi connectivity index (χ2n) is 7.30. The quantitative estimate of drug-likeness (QED) is 0.461. The van der Waals surface area contributed by atoms with Crippen LogP contribution < -0.4 is 0 Å². The first-order chi connectivity index (χ1) is 11.7. The van der Waals surface area contributed by atoms with E-state index in [4.69, 9.17) is 4.43 Å². The van der Waals surface area contributed by atoms with Crippen LogP contribution in [0.4, 0.5) is 0 Å². The zero-order chi connectivity index (χ0) is 19.1. The van der Waals surface area contributed by atoms with Gasteiger partial charge in [0.1, 0.15) is 0 Å². The van der Waals surface area contributed by atoms with E-state index in [9.17, 15) is 8.42 Å². The second-order valence-corrected chi connectivity index (χ2v) is 14.1. The third-order valence-corrected chi connectivity index (χ3v) is 12.3. The Morgan fingerprint density at radius 2 is 1.52 bits per heavy atom. The normalized spacial score (nSPS) is 15.3. The van der Waals surface area contributed by atoms with E-state index in [1.165, 1.54) is 0 Å². The van der Waals surface area contributed by atoms with Gasteiger partial charge in [-0.2, -0.15) is 0 Å². The van der Waals surface area contributed by atoms with Gasteiger partial charge in [0.25, 0.3) is 0 Å². The Morgan fingerprint density at radius 1 is 1.00 bits per heavy atom. The summed E-state index contributed by atoms with van der Waals surface area (Å²) in [5, 5.41) is 0. The van der Waals surface area contributed by atoms with Gasteiger partial charge in [-0.3, -0.25) is 0 Å². The van der Waals surface area contributed by atoms with Crippen molar-refractivity contribution in [3.63, 3.8) is 0 Å². The Kier molecular flexibility index (Phi) is 8.36. The van der Waals surface area contributed by atoms with E-state index in [1.54, 1.807) is 24.3 Å². The molecule has 0 aliphatic rings. The van der Waals surface area contributed by atoms with Crippen LogP contribution in [0.2, 0.25) is 18.1 Å². The molecule has 1 aromatic carbocycles. The first-order valence-corrected chi connectivity index (χ1v) is 13.9. The van der Waals surface area contributed by atoms with E-state index < -0.39 is 18.2 Å². The maximum atomic E-state index is 12.7. The lowest BCUT2D eigenvalue weighted by molar-refractivity contribution is 0.00355. The number of hydrogen-bond acceptors (Lipinski definition) is 3. The molecule has 0 fully saturated rings. The Hall–Kier alpha value is -0.653. The molecule has 3 nitrogen and oxygen atoms in total. The van der Waals surface area contributed by atoms with Gasteiger partial charge in [0.2, 0.25) is 0 Å². The molecule has 0 unspecified atom stereocenters. The lowest BCUT2D eigenvalue weighted by atomic mass is 9.85. The maximum Gasteiger partial charge on any atom is 0.192 e. The van der Waals surface area contributed by atoms with Crippen LogP contribution in [0.1, 0.15) is 54.4 Å². The molecule has 5 heteroatoms. The lowest BCUT2D eigenvalue weighted by Crippen LogP contribution is -2.50. The van der Waals surface area contributed by atoms with Crippen molar-refractivity contribution in [2.24, 2.45) is 5.92 Å². The van der Waals surface area contributed by atoms with Crippen molar-refractivity contribution in [3.05, 3.63) is 30.3 Å². The zero-order valence-corrected chi connectivity index (χ0v) is 18.7. The van der Waals surface area contributed by atoms with Crippen molar-refractivity contribution < 1.29 is 12.8 Å². The third-order valence-electron chi connectivity index (χ3n) is 5.90. The van der Waals surface area contributed by atoms with Gasteiger partial charge in [0, 0.05) is 0 Å². The van der Waals surface area contributed by atoms with Crippen molar-refractivity contribution in [2.75, 3.05) is 5.75 Å². The fourth-order valence-corrected chi connectivity index (χ4v) is 8.26. The lowest BCUT2D eigenvalue weighted by Gasteiger charge is -2.45. The van der Waals surface area contributed by atoms with Crippen LogP contribution in [0.3, 0.4) is 0 Å². The molecule has 0 bridgehead atoms. The molecular formula is C20H36O3SSi. The standard InChI is InChI=1S/C20H36O3SSi/c1-7-20(18(5)6,23-25(8-2,9-3)10-4)16-17-24(21,22)19-14-12-11-13-15-19/h11-15,18H,7-10,16-17H2,1-6H3/t20-/m0/s1. The van der Waals surface area contributed by atoms with Gasteiger partial charge < -0.3 is 4.43 Å². The predicted molar refractivity (Wildman–Crippen MR) is 109 cm³/mol. The van der Waals surface area contributed by atoms with Crippen LogP contribution in [0.5, 0.6) is 0 Å². The smallest absolute Gasteiger partial charge is 0.192 e. The Labute approximate surface area is 156 Å². The predicted octanol–water partition coefficient (Wildman–Crippen LogP) is 5.68. The highest BCUT2D eigenvalue weighted by Crippen LogP contribution is 2.37. The molecule has 0 saturated heterocycles. The Bertz CT molecular complexity index is 601. The second kappa shape index (κ2) is 9.33. The number of hydrogen-bond donors (Lipinski definition) is 0. The third kappa shape index (κ3) is 5.41. The van der Waals surface area contributed by atoms with Gasteiger partial charge >= 0.3 is 0 Å². The van der Waals surface area contributed by atoms with E-state index in [2.05, 4.69) is 41.5 Å². The Morgan fingerprint density at radius 3 is 1.92 bits per heavy atom. The van der Waals surface area contributed by atoms with Crippen molar-refractivity contribution in [1.82, 2.24) is 0 Å². The highest BCUT2D eigenvalue weighted by atomic mass is 32.2. The van der Waals surface area contributed by atoms with E-state index >= 15 is 0 Å². The van der Waals surface area contributed by atoms with Crippen LogP contribution >= 0.6 is 0 Å². The molecule has 0 aliphatic carbocycles. The minimum absolute atomic E-state index is 0.144. The van der Waals surface area contributed by atoms with Crippen LogP contribution in [0.15, 0.2) is 35.2 Å².